The Morgan fingerprint density at radius 3 is 2.42 bits per heavy atom. The van der Waals surface area contributed by atoms with Gasteiger partial charge in [0.15, 0.2) is 0 Å². The van der Waals surface area contributed by atoms with E-state index in [1.54, 1.807) is 0 Å². The molecule has 0 spiro atoms. The topological polar surface area (TPSA) is 12.0 Å². The SMILES string of the molecule is CCC(NC1CCCCC1CC)c1ccc(C)cc1. The minimum absolute atomic E-state index is 0.526. The predicted octanol–water partition coefficient (Wildman–Crippen LogP) is 5.00. The van der Waals surface area contributed by atoms with Crippen molar-refractivity contribution in [3.63, 3.8) is 0 Å². The average molecular weight is 259 g/mol. The zero-order valence-electron chi connectivity index (χ0n) is 12.8. The molecular weight excluding hydrogens is 230 g/mol. The van der Waals surface area contributed by atoms with Crippen molar-refractivity contribution in [1.29, 1.82) is 0 Å². The molecule has 1 aliphatic rings. The smallest absolute Gasteiger partial charge is 0.0320 e. The molecule has 0 heterocycles. The van der Waals surface area contributed by atoms with Crippen molar-refractivity contribution in [2.24, 2.45) is 5.92 Å². The highest BCUT2D eigenvalue weighted by Gasteiger charge is 2.25. The Kier molecular flexibility index (Phi) is 5.45. The Balaban J connectivity index is 2.03. The van der Waals surface area contributed by atoms with E-state index in [0.29, 0.717) is 6.04 Å². The van der Waals surface area contributed by atoms with Gasteiger partial charge in [0.25, 0.3) is 0 Å². The fourth-order valence-electron chi connectivity index (χ4n) is 3.42. The molecule has 1 nitrogen and oxygen atoms in total. The van der Waals surface area contributed by atoms with E-state index < -0.39 is 0 Å². The Bertz CT molecular complexity index is 368. The maximum absolute atomic E-state index is 3.94. The summed E-state index contributed by atoms with van der Waals surface area (Å²) in [6.07, 6.45) is 8.11. The number of hydrogen-bond acceptors (Lipinski definition) is 1. The number of nitrogens with one attached hydrogen (secondary N) is 1. The lowest BCUT2D eigenvalue weighted by molar-refractivity contribution is 0.235. The van der Waals surface area contributed by atoms with Crippen LogP contribution in [-0.2, 0) is 0 Å². The van der Waals surface area contributed by atoms with Crippen LogP contribution in [0.4, 0.5) is 0 Å². The molecule has 1 heteroatoms. The molecule has 1 aromatic rings. The summed E-state index contributed by atoms with van der Waals surface area (Å²) < 4.78 is 0. The summed E-state index contributed by atoms with van der Waals surface area (Å²) in [6.45, 7) is 6.80. The molecule has 3 atom stereocenters. The van der Waals surface area contributed by atoms with Crippen LogP contribution < -0.4 is 5.32 Å². The number of rotatable bonds is 5. The first-order valence-electron chi connectivity index (χ1n) is 8.07. The van der Waals surface area contributed by atoms with Crippen molar-refractivity contribution in [2.75, 3.05) is 0 Å². The van der Waals surface area contributed by atoms with E-state index in [1.807, 2.05) is 0 Å². The summed E-state index contributed by atoms with van der Waals surface area (Å²) in [5.41, 5.74) is 2.80. The van der Waals surface area contributed by atoms with Crippen LogP contribution in [0.25, 0.3) is 0 Å². The summed E-state index contributed by atoms with van der Waals surface area (Å²) in [5, 5.41) is 3.94. The fourth-order valence-corrected chi connectivity index (χ4v) is 3.42. The number of benzene rings is 1. The Labute approximate surface area is 118 Å². The third-order valence-electron chi connectivity index (χ3n) is 4.74. The van der Waals surface area contributed by atoms with E-state index >= 15 is 0 Å². The predicted molar refractivity (Wildman–Crippen MR) is 83.4 cm³/mol. The Hall–Kier alpha value is -0.820. The number of aryl methyl sites for hydroxylation is 1. The third-order valence-corrected chi connectivity index (χ3v) is 4.74. The molecule has 0 radical (unpaired) electrons. The fraction of sp³-hybridized carbons (Fsp3) is 0.667. The summed E-state index contributed by atoms with van der Waals surface area (Å²) >= 11 is 0. The molecule has 0 aromatic heterocycles. The van der Waals surface area contributed by atoms with Gasteiger partial charge in [0.1, 0.15) is 0 Å². The molecule has 0 saturated heterocycles. The van der Waals surface area contributed by atoms with Gasteiger partial charge >= 0.3 is 0 Å². The Morgan fingerprint density at radius 1 is 1.11 bits per heavy atom. The van der Waals surface area contributed by atoms with Gasteiger partial charge in [0, 0.05) is 12.1 Å². The molecule has 1 aliphatic carbocycles. The minimum Gasteiger partial charge on any atom is -0.307 e. The van der Waals surface area contributed by atoms with E-state index in [9.17, 15) is 0 Å². The molecular formula is C18H29N. The second-order valence-corrected chi connectivity index (χ2v) is 6.10. The van der Waals surface area contributed by atoms with Gasteiger partial charge in [-0.2, -0.15) is 0 Å². The summed E-state index contributed by atoms with van der Waals surface area (Å²) in [5.74, 6) is 0.883. The second-order valence-electron chi connectivity index (χ2n) is 6.10. The van der Waals surface area contributed by atoms with Gasteiger partial charge in [-0.25, -0.2) is 0 Å². The van der Waals surface area contributed by atoms with Gasteiger partial charge in [-0.3, -0.25) is 0 Å². The van der Waals surface area contributed by atoms with Gasteiger partial charge in [-0.05, 0) is 37.7 Å². The molecule has 0 bridgehead atoms. The Morgan fingerprint density at radius 2 is 1.79 bits per heavy atom. The van der Waals surface area contributed by atoms with E-state index in [-0.39, 0.29) is 0 Å². The molecule has 1 aromatic carbocycles. The van der Waals surface area contributed by atoms with E-state index in [0.717, 1.165) is 12.0 Å². The van der Waals surface area contributed by atoms with Crippen molar-refractivity contribution in [3.05, 3.63) is 35.4 Å². The van der Waals surface area contributed by atoms with Crippen molar-refractivity contribution in [3.8, 4) is 0 Å². The zero-order valence-corrected chi connectivity index (χ0v) is 12.8. The molecule has 1 N–H and O–H groups in total. The van der Waals surface area contributed by atoms with Crippen molar-refractivity contribution in [1.82, 2.24) is 5.32 Å². The molecule has 1 fully saturated rings. The average Bonchev–Trinajstić information content (AvgIpc) is 2.46. The lowest BCUT2D eigenvalue weighted by Crippen LogP contribution is -2.40. The first-order valence-corrected chi connectivity index (χ1v) is 8.07. The van der Waals surface area contributed by atoms with Crippen LogP contribution in [0, 0.1) is 12.8 Å². The summed E-state index contributed by atoms with van der Waals surface area (Å²) in [7, 11) is 0. The highest BCUT2D eigenvalue weighted by molar-refractivity contribution is 5.24. The van der Waals surface area contributed by atoms with Crippen LogP contribution in [-0.4, -0.2) is 6.04 Å². The van der Waals surface area contributed by atoms with Gasteiger partial charge < -0.3 is 5.32 Å². The van der Waals surface area contributed by atoms with Crippen LogP contribution in [0.15, 0.2) is 24.3 Å². The molecule has 106 valence electrons. The van der Waals surface area contributed by atoms with E-state index in [1.165, 1.54) is 49.7 Å². The molecule has 2 rings (SSSR count). The van der Waals surface area contributed by atoms with Crippen molar-refractivity contribution in [2.45, 2.75) is 71.4 Å². The molecule has 0 amide bonds. The van der Waals surface area contributed by atoms with Gasteiger partial charge in [-0.1, -0.05) is 62.9 Å². The highest BCUT2D eigenvalue weighted by Crippen LogP contribution is 2.29. The maximum atomic E-state index is 3.94. The zero-order chi connectivity index (χ0) is 13.7. The van der Waals surface area contributed by atoms with Gasteiger partial charge in [-0.15, -0.1) is 0 Å². The maximum Gasteiger partial charge on any atom is 0.0320 e. The lowest BCUT2D eigenvalue weighted by Gasteiger charge is -2.35. The van der Waals surface area contributed by atoms with Crippen LogP contribution >= 0.6 is 0 Å². The minimum atomic E-state index is 0.526. The van der Waals surface area contributed by atoms with Gasteiger partial charge in [0.05, 0.1) is 0 Å². The first-order chi connectivity index (χ1) is 9.24. The quantitative estimate of drug-likeness (QED) is 0.784. The van der Waals surface area contributed by atoms with Crippen LogP contribution in [0.3, 0.4) is 0 Å². The highest BCUT2D eigenvalue weighted by atomic mass is 15.0. The third kappa shape index (κ3) is 3.82. The molecule has 3 unspecified atom stereocenters. The van der Waals surface area contributed by atoms with Crippen LogP contribution in [0.1, 0.15) is 69.5 Å². The van der Waals surface area contributed by atoms with Crippen LogP contribution in [0.5, 0.6) is 0 Å². The standard InChI is InChI=1S/C18H29N/c1-4-15-8-6-7-9-18(15)19-17(5-2)16-12-10-14(3)11-13-16/h10-13,15,17-19H,4-9H2,1-3H3. The lowest BCUT2D eigenvalue weighted by atomic mass is 9.82. The largest absolute Gasteiger partial charge is 0.307 e. The van der Waals surface area contributed by atoms with E-state index in [4.69, 9.17) is 0 Å². The second kappa shape index (κ2) is 7.09. The first kappa shape index (κ1) is 14.6. The molecule has 19 heavy (non-hydrogen) atoms. The molecule has 1 saturated carbocycles. The summed E-state index contributed by atoms with van der Waals surface area (Å²) in [4.78, 5) is 0. The normalized spacial score (nSPS) is 25.2. The van der Waals surface area contributed by atoms with Crippen LogP contribution in [0.2, 0.25) is 0 Å². The van der Waals surface area contributed by atoms with Crippen molar-refractivity contribution >= 4 is 0 Å². The monoisotopic (exact) mass is 259 g/mol. The molecule has 0 aliphatic heterocycles. The van der Waals surface area contributed by atoms with Gasteiger partial charge in [0.2, 0.25) is 0 Å². The number of hydrogen-bond donors (Lipinski definition) is 1. The summed E-state index contributed by atoms with van der Waals surface area (Å²) in [6, 6.07) is 10.3. The van der Waals surface area contributed by atoms with Crippen molar-refractivity contribution < 1.29 is 0 Å². The van der Waals surface area contributed by atoms with E-state index in [2.05, 4.69) is 50.4 Å².